The van der Waals surface area contributed by atoms with Crippen molar-refractivity contribution < 1.29 is 0 Å². The van der Waals surface area contributed by atoms with E-state index in [1.807, 2.05) is 19.2 Å². The standard InChI is InChI=1S/C6H11N.C3H5N3/c1-3-5-7-6-4-2;1-6-3-4-2-5-6/h3-4,7H,1-2,5-6H2;2-3H,1H3. The molecule has 0 aliphatic rings. The van der Waals surface area contributed by atoms with Gasteiger partial charge in [-0.05, 0) is 0 Å². The van der Waals surface area contributed by atoms with Gasteiger partial charge in [-0.2, -0.15) is 5.10 Å². The summed E-state index contributed by atoms with van der Waals surface area (Å²) in [5.74, 6) is 0. The molecule has 0 unspecified atom stereocenters. The summed E-state index contributed by atoms with van der Waals surface area (Å²) in [5.41, 5.74) is 0. The molecule has 0 amide bonds. The normalized spacial score (nSPS) is 8.38. The zero-order valence-electron chi connectivity index (χ0n) is 7.98. The molecule has 72 valence electrons. The van der Waals surface area contributed by atoms with E-state index in [1.165, 1.54) is 6.33 Å². The predicted molar refractivity (Wildman–Crippen MR) is 54.3 cm³/mol. The highest BCUT2D eigenvalue weighted by Crippen LogP contribution is 1.64. The molecule has 0 atom stereocenters. The molecule has 4 nitrogen and oxygen atoms in total. The lowest BCUT2D eigenvalue weighted by atomic mass is 10.5. The van der Waals surface area contributed by atoms with Crippen LogP contribution in [-0.4, -0.2) is 27.9 Å². The van der Waals surface area contributed by atoms with E-state index in [1.54, 1.807) is 11.0 Å². The van der Waals surface area contributed by atoms with Crippen molar-refractivity contribution in [1.29, 1.82) is 0 Å². The Labute approximate surface area is 79.0 Å². The van der Waals surface area contributed by atoms with Crippen LogP contribution in [-0.2, 0) is 7.05 Å². The Morgan fingerprint density at radius 2 is 2.00 bits per heavy atom. The van der Waals surface area contributed by atoms with Crippen LogP contribution < -0.4 is 5.32 Å². The van der Waals surface area contributed by atoms with Gasteiger partial charge in [-0.3, -0.25) is 4.68 Å². The maximum Gasteiger partial charge on any atom is 0.137 e. The minimum absolute atomic E-state index is 0.867. The second kappa shape index (κ2) is 8.67. The Bertz CT molecular complexity index is 208. The van der Waals surface area contributed by atoms with Crippen LogP contribution in [0.5, 0.6) is 0 Å². The number of nitrogens with one attached hydrogen (secondary N) is 1. The fourth-order valence-corrected chi connectivity index (χ4v) is 0.555. The minimum Gasteiger partial charge on any atom is -0.310 e. The average Bonchev–Trinajstić information content (AvgIpc) is 2.58. The van der Waals surface area contributed by atoms with Crippen LogP contribution in [0.2, 0.25) is 0 Å². The topological polar surface area (TPSA) is 42.7 Å². The number of hydrogen-bond donors (Lipinski definition) is 1. The molecule has 0 fully saturated rings. The Kier molecular flexibility index (Phi) is 7.73. The Balaban J connectivity index is 0.000000223. The van der Waals surface area contributed by atoms with Crippen molar-refractivity contribution >= 4 is 0 Å². The fraction of sp³-hybridized carbons (Fsp3) is 0.333. The Morgan fingerprint density at radius 1 is 1.38 bits per heavy atom. The SMILES string of the molecule is C=CCNCC=C.Cn1cncn1. The van der Waals surface area contributed by atoms with Gasteiger partial charge in [0.05, 0.1) is 0 Å². The molecule has 0 bridgehead atoms. The molecule has 0 aliphatic carbocycles. The van der Waals surface area contributed by atoms with Gasteiger partial charge in [-0.25, -0.2) is 4.98 Å². The summed E-state index contributed by atoms with van der Waals surface area (Å²) < 4.78 is 1.64. The van der Waals surface area contributed by atoms with E-state index in [0.29, 0.717) is 0 Å². The van der Waals surface area contributed by atoms with Crippen molar-refractivity contribution in [2.75, 3.05) is 13.1 Å². The third-order valence-electron chi connectivity index (χ3n) is 1.11. The highest BCUT2D eigenvalue weighted by atomic mass is 15.3. The first kappa shape index (κ1) is 11.6. The zero-order valence-corrected chi connectivity index (χ0v) is 7.98. The van der Waals surface area contributed by atoms with Crippen molar-refractivity contribution in [2.45, 2.75) is 0 Å². The van der Waals surface area contributed by atoms with Crippen molar-refractivity contribution in [3.63, 3.8) is 0 Å². The first-order valence-corrected chi connectivity index (χ1v) is 4.02. The second-order valence-corrected chi connectivity index (χ2v) is 2.30. The van der Waals surface area contributed by atoms with Crippen LogP contribution in [0, 0.1) is 0 Å². The first-order chi connectivity index (χ1) is 6.31. The smallest absolute Gasteiger partial charge is 0.137 e. The lowest BCUT2D eigenvalue weighted by Gasteiger charge is -1.90. The monoisotopic (exact) mass is 180 g/mol. The number of aryl methyl sites for hydroxylation is 1. The molecule has 0 spiro atoms. The minimum atomic E-state index is 0.867. The molecule has 1 aromatic heterocycles. The van der Waals surface area contributed by atoms with Crippen LogP contribution in [0.1, 0.15) is 0 Å². The van der Waals surface area contributed by atoms with Crippen LogP contribution in [0.15, 0.2) is 38.0 Å². The average molecular weight is 180 g/mol. The van der Waals surface area contributed by atoms with Crippen LogP contribution >= 0.6 is 0 Å². The number of aromatic nitrogens is 3. The van der Waals surface area contributed by atoms with E-state index in [9.17, 15) is 0 Å². The fourth-order valence-electron chi connectivity index (χ4n) is 0.555. The van der Waals surface area contributed by atoms with Gasteiger partial charge in [0.15, 0.2) is 0 Å². The summed E-state index contributed by atoms with van der Waals surface area (Å²) in [6.07, 6.45) is 6.78. The van der Waals surface area contributed by atoms with Gasteiger partial charge in [0.2, 0.25) is 0 Å². The van der Waals surface area contributed by atoms with E-state index >= 15 is 0 Å². The summed E-state index contributed by atoms with van der Waals surface area (Å²) in [4.78, 5) is 3.67. The van der Waals surface area contributed by atoms with Crippen LogP contribution in [0.3, 0.4) is 0 Å². The van der Waals surface area contributed by atoms with Crippen molar-refractivity contribution in [3.05, 3.63) is 38.0 Å². The van der Waals surface area contributed by atoms with Crippen molar-refractivity contribution in [3.8, 4) is 0 Å². The van der Waals surface area contributed by atoms with Gasteiger partial charge in [0.25, 0.3) is 0 Å². The van der Waals surface area contributed by atoms with Crippen LogP contribution in [0.4, 0.5) is 0 Å². The summed E-state index contributed by atoms with van der Waals surface area (Å²) in [6.45, 7) is 8.81. The quantitative estimate of drug-likeness (QED) is 0.549. The largest absolute Gasteiger partial charge is 0.310 e. The molecule has 1 aromatic rings. The summed E-state index contributed by atoms with van der Waals surface area (Å²) in [7, 11) is 1.83. The van der Waals surface area contributed by atoms with Gasteiger partial charge in [0.1, 0.15) is 12.7 Å². The van der Waals surface area contributed by atoms with Crippen molar-refractivity contribution in [2.24, 2.45) is 7.05 Å². The molecule has 0 aromatic carbocycles. The van der Waals surface area contributed by atoms with Gasteiger partial charge in [-0.1, -0.05) is 12.2 Å². The van der Waals surface area contributed by atoms with Gasteiger partial charge >= 0.3 is 0 Å². The molecule has 1 N–H and O–H groups in total. The van der Waals surface area contributed by atoms with Crippen molar-refractivity contribution in [1.82, 2.24) is 20.1 Å². The molecule has 4 heteroatoms. The van der Waals surface area contributed by atoms with E-state index in [2.05, 4.69) is 28.6 Å². The Morgan fingerprint density at radius 3 is 2.23 bits per heavy atom. The van der Waals surface area contributed by atoms with E-state index < -0.39 is 0 Å². The Hall–Kier alpha value is -1.42. The third kappa shape index (κ3) is 8.49. The molecular weight excluding hydrogens is 164 g/mol. The third-order valence-corrected chi connectivity index (χ3v) is 1.11. The maximum absolute atomic E-state index is 3.72. The summed E-state index contributed by atoms with van der Waals surface area (Å²) >= 11 is 0. The summed E-state index contributed by atoms with van der Waals surface area (Å²) in [5, 5.41) is 6.77. The predicted octanol–water partition coefficient (Wildman–Crippen LogP) is 0.763. The molecule has 0 saturated heterocycles. The molecule has 13 heavy (non-hydrogen) atoms. The summed E-state index contributed by atoms with van der Waals surface area (Å²) in [6, 6.07) is 0. The van der Waals surface area contributed by atoms with E-state index in [4.69, 9.17) is 0 Å². The molecule has 1 heterocycles. The van der Waals surface area contributed by atoms with Gasteiger partial charge < -0.3 is 5.32 Å². The van der Waals surface area contributed by atoms with E-state index in [0.717, 1.165) is 13.1 Å². The number of hydrogen-bond acceptors (Lipinski definition) is 3. The highest BCUT2D eigenvalue weighted by Gasteiger charge is 1.70. The number of nitrogens with zero attached hydrogens (tertiary/aromatic N) is 3. The molecular formula is C9H16N4. The van der Waals surface area contributed by atoms with Crippen LogP contribution in [0.25, 0.3) is 0 Å². The molecule has 0 radical (unpaired) electrons. The second-order valence-electron chi connectivity index (χ2n) is 2.30. The lowest BCUT2D eigenvalue weighted by molar-refractivity contribution is 0.765. The zero-order chi connectivity index (χ0) is 9.94. The molecule has 0 saturated carbocycles. The molecule has 1 rings (SSSR count). The maximum atomic E-state index is 3.72. The lowest BCUT2D eigenvalue weighted by Crippen LogP contribution is -2.11. The highest BCUT2D eigenvalue weighted by molar-refractivity contribution is 4.75. The van der Waals surface area contributed by atoms with Gasteiger partial charge in [-0.15, -0.1) is 13.2 Å². The molecule has 0 aliphatic heterocycles. The van der Waals surface area contributed by atoms with Gasteiger partial charge in [0, 0.05) is 20.1 Å². The number of rotatable bonds is 4. The first-order valence-electron chi connectivity index (χ1n) is 4.02. The van der Waals surface area contributed by atoms with E-state index in [-0.39, 0.29) is 0 Å².